The Labute approximate surface area is 114 Å². The van der Waals surface area contributed by atoms with Crippen molar-refractivity contribution in [3.63, 3.8) is 0 Å². The van der Waals surface area contributed by atoms with E-state index in [9.17, 15) is 0 Å². The van der Waals surface area contributed by atoms with Gasteiger partial charge in [-0.3, -0.25) is 0 Å². The van der Waals surface area contributed by atoms with Crippen molar-refractivity contribution in [3.8, 4) is 11.5 Å². The van der Waals surface area contributed by atoms with E-state index in [-0.39, 0.29) is 6.10 Å². The van der Waals surface area contributed by atoms with Crippen molar-refractivity contribution in [2.24, 2.45) is 5.73 Å². The summed E-state index contributed by atoms with van der Waals surface area (Å²) in [4.78, 5) is 0. The summed E-state index contributed by atoms with van der Waals surface area (Å²) in [7, 11) is 1.63. The molecule has 100 valence electrons. The molecule has 0 amide bonds. The van der Waals surface area contributed by atoms with Crippen LogP contribution < -0.4 is 15.2 Å². The predicted molar refractivity (Wildman–Crippen MR) is 76.6 cm³/mol. The van der Waals surface area contributed by atoms with E-state index in [2.05, 4.69) is 13.0 Å². The smallest absolute Gasteiger partial charge is 0.162 e. The lowest BCUT2D eigenvalue weighted by Crippen LogP contribution is -2.19. The highest BCUT2D eigenvalue weighted by Crippen LogP contribution is 2.31. The molecule has 2 aromatic carbocycles. The fourth-order valence-corrected chi connectivity index (χ4v) is 2.06. The summed E-state index contributed by atoms with van der Waals surface area (Å²) in [6.45, 7) is 2.48. The highest BCUT2D eigenvalue weighted by Gasteiger charge is 2.15. The van der Waals surface area contributed by atoms with Crippen LogP contribution in [-0.2, 0) is 0 Å². The molecule has 0 aliphatic carbocycles. The van der Waals surface area contributed by atoms with Crippen LogP contribution in [-0.4, -0.2) is 13.7 Å². The molecule has 3 heteroatoms. The maximum atomic E-state index is 6.00. The van der Waals surface area contributed by atoms with Gasteiger partial charge in [0.15, 0.2) is 11.5 Å². The first kappa shape index (κ1) is 13.4. The Kier molecular flexibility index (Phi) is 4.42. The molecule has 0 bridgehead atoms. The molecule has 0 heterocycles. The van der Waals surface area contributed by atoms with Crippen LogP contribution >= 0.6 is 0 Å². The van der Waals surface area contributed by atoms with E-state index in [0.29, 0.717) is 12.3 Å². The molecular weight excluding hydrogens is 238 g/mol. The van der Waals surface area contributed by atoms with Gasteiger partial charge in [0, 0.05) is 6.54 Å². The SMILES string of the molecule is COc1ccccc1OC(CN)c1ccccc1C. The fraction of sp³-hybridized carbons (Fsp3) is 0.250. The average Bonchev–Trinajstić information content (AvgIpc) is 2.46. The molecule has 3 nitrogen and oxygen atoms in total. The third-order valence-electron chi connectivity index (χ3n) is 3.09. The van der Waals surface area contributed by atoms with E-state index in [1.165, 1.54) is 5.56 Å². The van der Waals surface area contributed by atoms with Gasteiger partial charge in [-0.2, -0.15) is 0 Å². The number of methoxy groups -OCH3 is 1. The zero-order valence-corrected chi connectivity index (χ0v) is 11.3. The number of nitrogens with two attached hydrogens (primary N) is 1. The number of benzene rings is 2. The van der Waals surface area contributed by atoms with Gasteiger partial charge in [-0.15, -0.1) is 0 Å². The van der Waals surface area contributed by atoms with Gasteiger partial charge in [0.2, 0.25) is 0 Å². The van der Waals surface area contributed by atoms with Gasteiger partial charge in [0.1, 0.15) is 6.10 Å². The average molecular weight is 257 g/mol. The lowest BCUT2D eigenvalue weighted by molar-refractivity contribution is 0.204. The fourth-order valence-electron chi connectivity index (χ4n) is 2.06. The minimum atomic E-state index is -0.169. The Bertz CT molecular complexity index is 540. The number of hydrogen-bond acceptors (Lipinski definition) is 3. The predicted octanol–water partition coefficient (Wildman–Crippen LogP) is 3.08. The van der Waals surface area contributed by atoms with E-state index in [4.69, 9.17) is 15.2 Å². The topological polar surface area (TPSA) is 44.5 Å². The van der Waals surface area contributed by atoms with Crippen LogP contribution in [0.2, 0.25) is 0 Å². The molecule has 0 radical (unpaired) electrons. The Morgan fingerprint density at radius 3 is 2.26 bits per heavy atom. The molecule has 2 N–H and O–H groups in total. The molecule has 0 saturated carbocycles. The summed E-state index contributed by atoms with van der Waals surface area (Å²) in [5.74, 6) is 1.43. The molecule has 0 aliphatic rings. The van der Waals surface area contributed by atoms with Gasteiger partial charge < -0.3 is 15.2 Å². The molecule has 0 saturated heterocycles. The number of rotatable bonds is 5. The molecule has 1 unspecified atom stereocenters. The first-order valence-corrected chi connectivity index (χ1v) is 6.31. The quantitative estimate of drug-likeness (QED) is 0.895. The molecule has 0 aromatic heterocycles. The maximum absolute atomic E-state index is 6.00. The summed E-state index contributed by atoms with van der Waals surface area (Å²) in [5, 5.41) is 0. The molecular formula is C16H19NO2. The van der Waals surface area contributed by atoms with Crippen molar-refractivity contribution in [1.82, 2.24) is 0 Å². The summed E-state index contributed by atoms with van der Waals surface area (Å²) in [5.41, 5.74) is 8.13. The van der Waals surface area contributed by atoms with E-state index in [0.717, 1.165) is 11.3 Å². The molecule has 0 aliphatic heterocycles. The third kappa shape index (κ3) is 3.06. The first-order chi connectivity index (χ1) is 9.26. The first-order valence-electron chi connectivity index (χ1n) is 6.31. The zero-order chi connectivity index (χ0) is 13.7. The molecule has 1 atom stereocenters. The minimum Gasteiger partial charge on any atom is -0.493 e. The molecule has 0 fully saturated rings. The normalized spacial score (nSPS) is 11.9. The van der Waals surface area contributed by atoms with Crippen LogP contribution in [0.5, 0.6) is 11.5 Å². The largest absolute Gasteiger partial charge is 0.493 e. The second kappa shape index (κ2) is 6.25. The van der Waals surface area contributed by atoms with Gasteiger partial charge in [0.05, 0.1) is 7.11 Å². The monoisotopic (exact) mass is 257 g/mol. The van der Waals surface area contributed by atoms with Crippen LogP contribution in [0.25, 0.3) is 0 Å². The number of para-hydroxylation sites is 2. The van der Waals surface area contributed by atoms with Crippen molar-refractivity contribution in [3.05, 3.63) is 59.7 Å². The van der Waals surface area contributed by atoms with Crippen molar-refractivity contribution < 1.29 is 9.47 Å². The minimum absolute atomic E-state index is 0.169. The van der Waals surface area contributed by atoms with E-state index >= 15 is 0 Å². The van der Waals surface area contributed by atoms with Crippen molar-refractivity contribution in [2.45, 2.75) is 13.0 Å². The highest BCUT2D eigenvalue weighted by atomic mass is 16.5. The van der Waals surface area contributed by atoms with Crippen LogP contribution in [0.4, 0.5) is 0 Å². The van der Waals surface area contributed by atoms with Crippen molar-refractivity contribution in [2.75, 3.05) is 13.7 Å². The van der Waals surface area contributed by atoms with Gasteiger partial charge in [-0.25, -0.2) is 0 Å². The Balaban J connectivity index is 2.27. The zero-order valence-electron chi connectivity index (χ0n) is 11.3. The van der Waals surface area contributed by atoms with E-state index < -0.39 is 0 Å². The standard InChI is InChI=1S/C16H19NO2/c1-12-7-3-4-8-13(12)16(11-17)19-15-10-6-5-9-14(15)18-2/h3-10,16H,11,17H2,1-2H3. The van der Waals surface area contributed by atoms with E-state index in [1.807, 2.05) is 42.5 Å². The molecule has 2 rings (SSSR count). The number of hydrogen-bond donors (Lipinski definition) is 1. The number of ether oxygens (including phenoxy) is 2. The second-order valence-corrected chi connectivity index (χ2v) is 4.35. The summed E-state index contributed by atoms with van der Waals surface area (Å²) in [6.07, 6.45) is -0.169. The van der Waals surface area contributed by atoms with Crippen LogP contribution in [0.3, 0.4) is 0 Å². The van der Waals surface area contributed by atoms with Crippen LogP contribution in [0.15, 0.2) is 48.5 Å². The molecule has 2 aromatic rings. The summed E-state index contributed by atoms with van der Waals surface area (Å²) in [6, 6.07) is 15.7. The van der Waals surface area contributed by atoms with Crippen LogP contribution in [0, 0.1) is 6.92 Å². The molecule has 19 heavy (non-hydrogen) atoms. The lowest BCUT2D eigenvalue weighted by Gasteiger charge is -2.21. The Hall–Kier alpha value is -2.00. The lowest BCUT2D eigenvalue weighted by atomic mass is 10.0. The third-order valence-corrected chi connectivity index (χ3v) is 3.09. The van der Waals surface area contributed by atoms with Gasteiger partial charge in [-0.05, 0) is 30.2 Å². The van der Waals surface area contributed by atoms with Gasteiger partial charge >= 0.3 is 0 Å². The molecule has 0 spiro atoms. The summed E-state index contributed by atoms with van der Waals surface area (Å²) < 4.78 is 11.3. The Morgan fingerprint density at radius 2 is 1.63 bits per heavy atom. The van der Waals surface area contributed by atoms with E-state index in [1.54, 1.807) is 7.11 Å². The highest BCUT2D eigenvalue weighted by molar-refractivity contribution is 5.40. The van der Waals surface area contributed by atoms with Crippen LogP contribution in [0.1, 0.15) is 17.2 Å². The van der Waals surface area contributed by atoms with Gasteiger partial charge in [-0.1, -0.05) is 36.4 Å². The second-order valence-electron chi connectivity index (χ2n) is 4.35. The maximum Gasteiger partial charge on any atom is 0.162 e. The van der Waals surface area contributed by atoms with Crippen molar-refractivity contribution in [1.29, 1.82) is 0 Å². The van der Waals surface area contributed by atoms with Crippen molar-refractivity contribution >= 4 is 0 Å². The van der Waals surface area contributed by atoms with Gasteiger partial charge in [0.25, 0.3) is 0 Å². The summed E-state index contributed by atoms with van der Waals surface area (Å²) >= 11 is 0. The Morgan fingerprint density at radius 1 is 1.00 bits per heavy atom. The number of aryl methyl sites for hydroxylation is 1.